The number of methoxy groups -OCH3 is 1. The van der Waals surface area contributed by atoms with Gasteiger partial charge >= 0.3 is 11.9 Å². The van der Waals surface area contributed by atoms with Crippen LogP contribution in [0.25, 0.3) is 43.6 Å². The lowest BCUT2D eigenvalue weighted by molar-refractivity contribution is 0.0518. The molecule has 0 aliphatic carbocycles. The number of nitrogens with one attached hydrogen (secondary N) is 3. The molecule has 0 fully saturated rings. The van der Waals surface area contributed by atoms with E-state index in [0.717, 1.165) is 10.4 Å². The highest BCUT2D eigenvalue weighted by Crippen LogP contribution is 2.36. The van der Waals surface area contributed by atoms with Gasteiger partial charge in [0, 0.05) is 10.4 Å². The molecule has 5 N–H and O–H groups in total. The topological polar surface area (TPSA) is 213 Å². The van der Waals surface area contributed by atoms with Crippen molar-refractivity contribution >= 4 is 45.1 Å². The first kappa shape index (κ1) is 30.6. The van der Waals surface area contributed by atoms with Gasteiger partial charge in [-0.3, -0.25) is 9.59 Å². The van der Waals surface area contributed by atoms with Gasteiger partial charge in [-0.2, -0.15) is 0 Å². The Morgan fingerprint density at radius 2 is 1.44 bits per heavy atom. The second-order valence-corrected chi connectivity index (χ2v) is 10.7. The molecule has 0 saturated carbocycles. The minimum atomic E-state index is -0.506. The van der Waals surface area contributed by atoms with Crippen LogP contribution in [0.1, 0.15) is 38.3 Å². The molecule has 0 spiro atoms. The molecule has 230 valence electrons. The highest BCUT2D eigenvalue weighted by Gasteiger charge is 2.19. The quantitative estimate of drug-likeness (QED) is 0.172. The maximum atomic E-state index is 11.9. The van der Waals surface area contributed by atoms with E-state index >= 15 is 0 Å². The first-order valence-corrected chi connectivity index (χ1v) is 14.2. The van der Waals surface area contributed by atoms with Crippen LogP contribution < -0.4 is 11.1 Å². The first-order valence-electron chi connectivity index (χ1n) is 13.4. The molecule has 0 atom stereocenters. The molecule has 0 saturated heterocycles. The number of phenols is 2. The molecule has 0 bridgehead atoms. The number of rotatable bonds is 5. The van der Waals surface area contributed by atoms with Crippen molar-refractivity contribution in [1.82, 2.24) is 29.9 Å². The Balaban J connectivity index is 0.000000178. The molecule has 14 nitrogen and oxygen atoms in total. The van der Waals surface area contributed by atoms with Crippen LogP contribution in [0.15, 0.2) is 52.6 Å². The van der Waals surface area contributed by atoms with E-state index in [2.05, 4.69) is 29.9 Å². The van der Waals surface area contributed by atoms with E-state index in [-0.39, 0.29) is 51.3 Å². The summed E-state index contributed by atoms with van der Waals surface area (Å²) in [4.78, 5) is 68.4. The Bertz CT molecular complexity index is 2210. The summed E-state index contributed by atoms with van der Waals surface area (Å²) in [5, 5.41) is 20.7. The molecule has 15 heteroatoms. The van der Waals surface area contributed by atoms with E-state index in [1.54, 1.807) is 32.0 Å². The number of phenolic OH excluding ortho intramolecular Hbond substituents is 2. The maximum Gasteiger partial charge on any atom is 0.356 e. The summed E-state index contributed by atoms with van der Waals surface area (Å²) in [5.74, 6) is -0.787. The van der Waals surface area contributed by atoms with Crippen molar-refractivity contribution in [3.8, 4) is 33.3 Å². The summed E-state index contributed by atoms with van der Waals surface area (Å²) in [7, 11) is 1.32. The number of carbonyl (C=O) groups excluding carboxylic acids is 2. The molecule has 2 aromatic carbocycles. The molecular formula is C30H26N6O8S. The van der Waals surface area contributed by atoms with Crippen molar-refractivity contribution < 1.29 is 29.3 Å². The number of esters is 2. The molecule has 4 aromatic heterocycles. The van der Waals surface area contributed by atoms with Crippen LogP contribution in [-0.4, -0.2) is 65.8 Å². The number of benzene rings is 2. The lowest BCUT2D eigenvalue weighted by atomic mass is 10.1. The number of aromatic amines is 3. The Morgan fingerprint density at radius 3 is 2.02 bits per heavy atom. The van der Waals surface area contributed by atoms with Gasteiger partial charge in [0.25, 0.3) is 11.1 Å². The van der Waals surface area contributed by atoms with Gasteiger partial charge in [-0.25, -0.2) is 24.5 Å². The van der Waals surface area contributed by atoms with Crippen molar-refractivity contribution in [1.29, 1.82) is 0 Å². The minimum absolute atomic E-state index is 0.0778. The largest absolute Gasteiger partial charge is 0.506 e. The van der Waals surface area contributed by atoms with Crippen LogP contribution in [-0.2, 0) is 9.47 Å². The highest BCUT2D eigenvalue weighted by molar-refractivity contribution is 7.17. The zero-order valence-electron chi connectivity index (χ0n) is 24.3. The fourth-order valence-corrected chi connectivity index (χ4v) is 5.64. The summed E-state index contributed by atoms with van der Waals surface area (Å²) in [5.41, 5.74) is 2.43. The predicted octanol–water partition coefficient (Wildman–Crippen LogP) is 3.96. The van der Waals surface area contributed by atoms with Gasteiger partial charge in [-0.15, -0.1) is 11.3 Å². The normalized spacial score (nSPS) is 10.8. The van der Waals surface area contributed by atoms with Crippen molar-refractivity contribution in [3.05, 3.63) is 85.5 Å². The average Bonchev–Trinajstić information content (AvgIpc) is 3.61. The van der Waals surface area contributed by atoms with Crippen molar-refractivity contribution in [2.45, 2.75) is 20.8 Å². The van der Waals surface area contributed by atoms with Crippen molar-refractivity contribution in [3.63, 3.8) is 0 Å². The second-order valence-electron chi connectivity index (χ2n) is 9.63. The standard InChI is InChI=1S/C15H14N4O4.C15H12N2O4S/c1-3-23-15(22)11-7(2)18-13(19-11)8-4-9-12(10(20)5-8)16-6-17-14(9)21;1-7-3-11(15(20)21-2)22-13(7)8-4-9-12(10(18)5-8)16-6-17-14(9)19/h4-6,20H,3H2,1-2H3,(H,18,19)(H,16,17,21);3-6,18H,1-2H3,(H,16,17,19). The lowest BCUT2D eigenvalue weighted by Gasteiger charge is -2.04. The number of hydrogen-bond donors (Lipinski definition) is 5. The van der Waals surface area contributed by atoms with Gasteiger partial charge in [0.05, 0.1) is 42.8 Å². The molecule has 0 radical (unpaired) electrons. The number of aromatic hydroxyl groups is 2. The van der Waals surface area contributed by atoms with Crippen LogP contribution in [0.4, 0.5) is 0 Å². The van der Waals surface area contributed by atoms with Crippen LogP contribution >= 0.6 is 11.3 Å². The predicted molar refractivity (Wildman–Crippen MR) is 166 cm³/mol. The summed E-state index contributed by atoms with van der Waals surface area (Å²) >= 11 is 1.25. The third-order valence-corrected chi connectivity index (χ3v) is 7.92. The Morgan fingerprint density at radius 1 is 0.867 bits per heavy atom. The highest BCUT2D eigenvalue weighted by atomic mass is 32.1. The molecule has 4 heterocycles. The van der Waals surface area contributed by atoms with E-state index in [1.807, 2.05) is 6.92 Å². The van der Waals surface area contributed by atoms with E-state index in [9.17, 15) is 29.4 Å². The number of imidazole rings is 1. The Labute approximate surface area is 257 Å². The summed E-state index contributed by atoms with van der Waals surface area (Å²) in [6.45, 7) is 5.49. The molecule has 0 unspecified atom stereocenters. The number of aryl methyl sites for hydroxylation is 2. The van der Waals surface area contributed by atoms with Gasteiger partial charge in [-0.05, 0) is 62.2 Å². The number of H-pyrrole nitrogens is 3. The SMILES string of the molecule is CCOC(=O)c1[nH]c(-c2cc(O)c3nc[nH]c(=O)c3c2)nc1C.COC(=O)c1cc(C)c(-c2cc(O)c3nc[nH]c(=O)c3c2)s1. The van der Waals surface area contributed by atoms with Gasteiger partial charge in [0.1, 0.15) is 38.9 Å². The Hall–Kier alpha value is -5.83. The monoisotopic (exact) mass is 630 g/mol. The van der Waals surface area contributed by atoms with E-state index < -0.39 is 11.9 Å². The van der Waals surface area contributed by atoms with Crippen LogP contribution in [0, 0.1) is 13.8 Å². The van der Waals surface area contributed by atoms with E-state index in [1.165, 1.54) is 43.2 Å². The third-order valence-electron chi connectivity index (χ3n) is 6.65. The second kappa shape index (κ2) is 12.4. The van der Waals surface area contributed by atoms with Crippen LogP contribution in [0.3, 0.4) is 0 Å². The van der Waals surface area contributed by atoms with Crippen LogP contribution in [0.2, 0.25) is 0 Å². The lowest BCUT2D eigenvalue weighted by Crippen LogP contribution is -2.07. The smallest absolute Gasteiger partial charge is 0.356 e. The number of thiophene rings is 1. The Kier molecular flexibility index (Phi) is 8.45. The number of hydrogen-bond acceptors (Lipinski definition) is 12. The number of fused-ring (bicyclic) bond motifs is 2. The third kappa shape index (κ3) is 6.01. The maximum absolute atomic E-state index is 11.9. The van der Waals surface area contributed by atoms with Gasteiger partial charge in [0.15, 0.2) is 0 Å². The number of nitrogens with zero attached hydrogens (tertiary/aromatic N) is 3. The summed E-state index contributed by atoms with van der Waals surface area (Å²) in [6.07, 6.45) is 2.47. The van der Waals surface area contributed by atoms with E-state index in [4.69, 9.17) is 9.47 Å². The zero-order chi connectivity index (χ0) is 32.4. The molecular weight excluding hydrogens is 604 g/mol. The molecule has 6 rings (SSSR count). The molecule has 6 aromatic rings. The average molecular weight is 631 g/mol. The first-order chi connectivity index (χ1) is 21.5. The fourth-order valence-electron chi connectivity index (χ4n) is 4.56. The minimum Gasteiger partial charge on any atom is -0.506 e. The zero-order valence-corrected chi connectivity index (χ0v) is 25.2. The molecule has 0 amide bonds. The van der Waals surface area contributed by atoms with Crippen molar-refractivity contribution in [2.24, 2.45) is 0 Å². The van der Waals surface area contributed by atoms with Gasteiger partial charge in [-0.1, -0.05) is 0 Å². The number of ether oxygens (including phenoxy) is 2. The number of carbonyl (C=O) groups is 2. The van der Waals surface area contributed by atoms with Crippen molar-refractivity contribution in [2.75, 3.05) is 13.7 Å². The van der Waals surface area contributed by atoms with Crippen LogP contribution in [0.5, 0.6) is 11.5 Å². The summed E-state index contributed by atoms with van der Waals surface area (Å²) < 4.78 is 9.66. The number of aromatic nitrogens is 6. The van der Waals surface area contributed by atoms with E-state index in [0.29, 0.717) is 32.9 Å². The fraction of sp³-hybridized carbons (Fsp3) is 0.167. The van der Waals surface area contributed by atoms with Gasteiger partial charge in [0.2, 0.25) is 0 Å². The molecule has 0 aliphatic heterocycles. The summed E-state index contributed by atoms with van der Waals surface area (Å²) in [6, 6.07) is 7.89. The molecule has 45 heavy (non-hydrogen) atoms. The van der Waals surface area contributed by atoms with Gasteiger partial charge < -0.3 is 34.6 Å². The molecule has 0 aliphatic rings.